The lowest BCUT2D eigenvalue weighted by atomic mass is 9.83. The van der Waals surface area contributed by atoms with E-state index >= 15 is 0 Å². The average Bonchev–Trinajstić information content (AvgIpc) is 3.83. The predicted octanol–water partition coefficient (Wildman–Crippen LogP) is 3.62. The van der Waals surface area contributed by atoms with Crippen molar-refractivity contribution in [2.24, 2.45) is 22.7 Å². The molecule has 4 N–H and O–H groups in total. The maximum atomic E-state index is 14.5. The van der Waals surface area contributed by atoms with Gasteiger partial charge in [0.05, 0.1) is 22.1 Å². The number of hydrogen-bond acceptors (Lipinski definition) is 7. The summed E-state index contributed by atoms with van der Waals surface area (Å²) in [5, 5.41) is 11.5. The van der Waals surface area contributed by atoms with E-state index in [4.69, 9.17) is 0 Å². The van der Waals surface area contributed by atoms with E-state index in [2.05, 4.69) is 35.1 Å². The van der Waals surface area contributed by atoms with Crippen LogP contribution in [0.25, 0.3) is 0 Å². The summed E-state index contributed by atoms with van der Waals surface area (Å²) >= 11 is 0. The van der Waals surface area contributed by atoms with Crippen LogP contribution in [-0.2, 0) is 29.0 Å². The maximum absolute atomic E-state index is 14.5. The third kappa shape index (κ3) is 8.79. The zero-order valence-corrected chi connectivity index (χ0v) is 32.0. The summed E-state index contributed by atoms with van der Waals surface area (Å²) in [6.45, 7) is 16.9. The van der Waals surface area contributed by atoms with Crippen LogP contribution in [0.15, 0.2) is 0 Å². The number of Topliss-reactive ketones (excluding diaryl/α,β-unsaturated/α-hetero) is 1. The molecule has 0 radical (unpaired) electrons. The summed E-state index contributed by atoms with van der Waals surface area (Å²) in [7, 11) is -3.56. The van der Waals surface area contributed by atoms with Gasteiger partial charge in [-0.05, 0) is 75.5 Å². The first-order valence-corrected chi connectivity index (χ1v) is 20.0. The van der Waals surface area contributed by atoms with Gasteiger partial charge in [-0.25, -0.2) is 13.2 Å². The average molecular weight is 708 g/mol. The number of sulfone groups is 1. The first kappa shape index (κ1) is 39.1. The normalized spacial score (nSPS) is 25.7. The zero-order valence-electron chi connectivity index (χ0n) is 31.2. The second kappa shape index (κ2) is 14.1. The van der Waals surface area contributed by atoms with Crippen LogP contribution in [0.2, 0.25) is 0 Å². The number of amides is 5. The number of likely N-dealkylation sites (tertiary alicyclic amines) is 1. The fraction of sp³-hybridized carbons (Fsp3) is 0.861. The Morgan fingerprint density at radius 2 is 1.53 bits per heavy atom. The van der Waals surface area contributed by atoms with Gasteiger partial charge in [0.2, 0.25) is 17.6 Å². The molecule has 0 spiro atoms. The summed E-state index contributed by atoms with van der Waals surface area (Å²) in [5.74, 6) is -2.50. The molecule has 1 aliphatic heterocycles. The largest absolute Gasteiger partial charge is 0.347 e. The SMILES string of the molecule is CCCC[C@H](NC(=O)C1[C@H]2C(CN1C(=O)[C@@H](NC(=O)NC1(CS(=O)(=O)C(C)(C)C)CCCCC1)C(C)(C)C)C2(C)C)C(=O)C(=O)NC1CC1. The molecule has 1 heterocycles. The minimum atomic E-state index is -3.56. The Kier molecular flexibility index (Phi) is 11.3. The molecule has 1 saturated heterocycles. The van der Waals surface area contributed by atoms with Crippen molar-refractivity contribution in [1.29, 1.82) is 0 Å². The van der Waals surface area contributed by atoms with Gasteiger partial charge in [-0.15, -0.1) is 0 Å². The molecule has 0 bridgehead atoms. The number of carbonyl (C=O) groups is 5. The van der Waals surface area contributed by atoms with Gasteiger partial charge >= 0.3 is 6.03 Å². The number of unbranched alkanes of at least 4 members (excludes halogenated alkanes) is 1. The number of rotatable bonds is 13. The number of ketones is 1. The van der Waals surface area contributed by atoms with E-state index in [1.807, 2.05) is 27.7 Å². The van der Waals surface area contributed by atoms with E-state index in [-0.39, 0.29) is 29.0 Å². The maximum Gasteiger partial charge on any atom is 0.315 e. The van der Waals surface area contributed by atoms with Crippen LogP contribution in [0.4, 0.5) is 4.79 Å². The minimum absolute atomic E-state index is 0.00450. The van der Waals surface area contributed by atoms with Gasteiger partial charge in [0.15, 0.2) is 9.84 Å². The molecule has 0 aromatic rings. The number of urea groups is 1. The number of nitrogens with one attached hydrogen (secondary N) is 4. The van der Waals surface area contributed by atoms with E-state index in [9.17, 15) is 32.4 Å². The molecule has 12 nitrogen and oxygen atoms in total. The van der Waals surface area contributed by atoms with Crippen LogP contribution in [0, 0.1) is 22.7 Å². The van der Waals surface area contributed by atoms with E-state index in [0.29, 0.717) is 32.2 Å². The van der Waals surface area contributed by atoms with E-state index < -0.39 is 73.2 Å². The van der Waals surface area contributed by atoms with Gasteiger partial charge in [-0.3, -0.25) is 19.2 Å². The standard InChI is InChI=1S/C36H61N5O7S/c1-10-11-15-24(27(42)30(44)37-22-16-17-22)38-29(43)26-25-23(35(25,8)9)20-41(26)31(45)28(33(2,3)4)39-32(46)40-36(18-13-12-14-19-36)21-49(47,48)34(5,6)7/h22-26,28H,10-21H2,1-9H3,(H,37,44)(H,38,43)(H2,39,40,46)/t23?,24-,25+,26?,28+/m0/s1. The van der Waals surface area contributed by atoms with Crippen LogP contribution in [0.1, 0.15) is 127 Å². The molecule has 5 atom stereocenters. The molecule has 0 aromatic carbocycles. The third-order valence-corrected chi connectivity index (χ3v) is 14.2. The van der Waals surface area contributed by atoms with Crippen LogP contribution < -0.4 is 21.3 Å². The Morgan fingerprint density at radius 3 is 2.06 bits per heavy atom. The molecule has 4 fully saturated rings. The van der Waals surface area contributed by atoms with Crippen molar-refractivity contribution in [2.45, 2.75) is 161 Å². The highest BCUT2D eigenvalue weighted by molar-refractivity contribution is 7.92. The highest BCUT2D eigenvalue weighted by atomic mass is 32.2. The Hall–Kier alpha value is -2.70. The fourth-order valence-corrected chi connectivity index (χ4v) is 9.25. The smallest absolute Gasteiger partial charge is 0.315 e. The number of carbonyl (C=O) groups excluding carboxylic acids is 5. The molecule has 4 rings (SSSR count). The van der Waals surface area contributed by atoms with Crippen LogP contribution in [0.5, 0.6) is 0 Å². The van der Waals surface area contributed by atoms with Gasteiger partial charge in [0.25, 0.3) is 5.91 Å². The van der Waals surface area contributed by atoms with Crippen molar-refractivity contribution in [3.63, 3.8) is 0 Å². The lowest BCUT2D eigenvalue weighted by Crippen LogP contribution is -2.64. The predicted molar refractivity (Wildman–Crippen MR) is 188 cm³/mol. The second-order valence-corrected chi connectivity index (χ2v) is 20.6. The number of fused-ring (bicyclic) bond motifs is 1. The highest BCUT2D eigenvalue weighted by Gasteiger charge is 2.70. The van der Waals surface area contributed by atoms with Crippen molar-refractivity contribution in [2.75, 3.05) is 12.3 Å². The fourth-order valence-electron chi connectivity index (χ4n) is 7.73. The Morgan fingerprint density at radius 1 is 0.918 bits per heavy atom. The number of piperidine rings is 1. The first-order chi connectivity index (χ1) is 22.5. The Labute approximate surface area is 293 Å². The van der Waals surface area contributed by atoms with Crippen LogP contribution >= 0.6 is 0 Å². The van der Waals surface area contributed by atoms with Crippen molar-refractivity contribution in [1.82, 2.24) is 26.2 Å². The molecule has 0 aromatic heterocycles. The summed E-state index contributed by atoms with van der Waals surface area (Å²) in [6, 6.07) is -3.50. The Bertz CT molecular complexity index is 1400. The highest BCUT2D eigenvalue weighted by Crippen LogP contribution is 2.65. The molecule has 13 heteroatoms. The van der Waals surface area contributed by atoms with Gasteiger partial charge < -0.3 is 26.2 Å². The lowest BCUT2D eigenvalue weighted by Gasteiger charge is -2.41. The van der Waals surface area contributed by atoms with Gasteiger partial charge in [-0.2, -0.15) is 0 Å². The van der Waals surface area contributed by atoms with Gasteiger partial charge in [-0.1, -0.05) is 73.6 Å². The van der Waals surface area contributed by atoms with Crippen LogP contribution in [0.3, 0.4) is 0 Å². The number of nitrogens with zero attached hydrogens (tertiary/aromatic N) is 1. The van der Waals surface area contributed by atoms with Crippen LogP contribution in [-0.4, -0.2) is 89.6 Å². The molecule has 3 saturated carbocycles. The summed E-state index contributed by atoms with van der Waals surface area (Å²) in [5.41, 5.74) is -1.90. The van der Waals surface area contributed by atoms with Crippen molar-refractivity contribution < 1.29 is 32.4 Å². The van der Waals surface area contributed by atoms with Gasteiger partial charge in [0, 0.05) is 12.6 Å². The molecule has 278 valence electrons. The molecule has 5 amide bonds. The van der Waals surface area contributed by atoms with Crippen molar-refractivity contribution >= 4 is 39.4 Å². The van der Waals surface area contributed by atoms with E-state index in [0.717, 1.165) is 38.5 Å². The second-order valence-electron chi connectivity index (χ2n) is 17.8. The topological polar surface area (TPSA) is 171 Å². The summed E-state index contributed by atoms with van der Waals surface area (Å²) in [4.78, 5) is 69.7. The lowest BCUT2D eigenvalue weighted by molar-refractivity contribution is -0.145. The monoisotopic (exact) mass is 707 g/mol. The zero-order chi connectivity index (χ0) is 36.7. The van der Waals surface area contributed by atoms with E-state index in [1.54, 1.807) is 20.8 Å². The molecular weight excluding hydrogens is 646 g/mol. The third-order valence-electron chi connectivity index (χ3n) is 11.4. The quantitative estimate of drug-likeness (QED) is 0.212. The molecule has 3 aliphatic carbocycles. The Balaban J connectivity index is 1.54. The molecular formula is C36H61N5O7S. The number of hydrogen-bond donors (Lipinski definition) is 4. The van der Waals surface area contributed by atoms with Crippen molar-refractivity contribution in [3.05, 3.63) is 0 Å². The van der Waals surface area contributed by atoms with Crippen molar-refractivity contribution in [3.8, 4) is 0 Å². The molecule has 2 unspecified atom stereocenters. The first-order valence-electron chi connectivity index (χ1n) is 18.3. The molecule has 49 heavy (non-hydrogen) atoms. The van der Waals surface area contributed by atoms with Gasteiger partial charge in [0.1, 0.15) is 12.1 Å². The molecule has 4 aliphatic rings. The summed E-state index contributed by atoms with van der Waals surface area (Å²) < 4.78 is 25.6. The minimum Gasteiger partial charge on any atom is -0.347 e. The summed E-state index contributed by atoms with van der Waals surface area (Å²) in [6.07, 6.45) is 6.97. The van der Waals surface area contributed by atoms with E-state index in [1.165, 1.54) is 4.90 Å².